The molecule has 0 saturated heterocycles. The van der Waals surface area contributed by atoms with E-state index >= 15 is 0 Å². The average molecular weight is 494 g/mol. The molecular weight excluding hydrogens is 474 g/mol. The van der Waals surface area contributed by atoms with E-state index in [1.54, 1.807) is 24.3 Å². The summed E-state index contributed by atoms with van der Waals surface area (Å²) in [5.41, 5.74) is 2.80. The fraction of sp³-hybridized carbons (Fsp3) is 0.217. The summed E-state index contributed by atoms with van der Waals surface area (Å²) in [6.07, 6.45) is 0.720. The Morgan fingerprint density at radius 3 is 2.62 bits per heavy atom. The number of amides is 2. The van der Waals surface area contributed by atoms with E-state index in [1.807, 2.05) is 17.0 Å². The quantitative estimate of drug-likeness (QED) is 0.519. The third-order valence-corrected chi connectivity index (χ3v) is 6.33. The van der Waals surface area contributed by atoms with Crippen LogP contribution in [-0.2, 0) is 22.6 Å². The lowest BCUT2D eigenvalue weighted by atomic mass is 9.92. The average Bonchev–Trinajstić information content (AvgIpc) is 2.79. The Bertz CT molecular complexity index is 1270. The van der Waals surface area contributed by atoms with Crippen LogP contribution in [0.15, 0.2) is 57.8 Å². The lowest BCUT2D eigenvalue weighted by molar-refractivity contribution is -0.123. The molecule has 3 heterocycles. The van der Waals surface area contributed by atoms with Crippen molar-refractivity contribution in [2.45, 2.75) is 25.3 Å². The number of nitrogens with one attached hydrogen (secondary N) is 3. The van der Waals surface area contributed by atoms with Crippen LogP contribution in [0.2, 0.25) is 0 Å². The number of carbonyl (C=O) groups excluding carboxylic acids is 2. The molecule has 2 aromatic carbocycles. The van der Waals surface area contributed by atoms with Gasteiger partial charge in [0.1, 0.15) is 5.82 Å². The molecule has 0 spiro atoms. The number of fused-ring (bicyclic) bond motifs is 2. The highest BCUT2D eigenvalue weighted by Crippen LogP contribution is 2.31. The minimum absolute atomic E-state index is 0.115. The van der Waals surface area contributed by atoms with Gasteiger partial charge in [-0.05, 0) is 41.8 Å². The fourth-order valence-electron chi connectivity index (χ4n) is 4.17. The van der Waals surface area contributed by atoms with Crippen molar-refractivity contribution in [2.75, 3.05) is 22.1 Å². The Morgan fingerprint density at radius 2 is 1.84 bits per heavy atom. The molecule has 2 aliphatic heterocycles. The third-order valence-electron chi connectivity index (χ3n) is 5.80. The number of aromatic nitrogens is 2. The van der Waals surface area contributed by atoms with Gasteiger partial charge in [0, 0.05) is 29.7 Å². The fourth-order valence-corrected chi connectivity index (χ4v) is 4.44. The minimum atomic E-state index is -0.922. The number of benzene rings is 2. The van der Waals surface area contributed by atoms with E-state index in [0.29, 0.717) is 24.7 Å². The predicted octanol–water partition coefficient (Wildman–Crippen LogP) is 3.16. The molecule has 3 aromatic rings. The second-order valence-corrected chi connectivity index (χ2v) is 8.81. The number of anilines is 3. The van der Waals surface area contributed by atoms with Crippen molar-refractivity contribution in [1.82, 2.24) is 9.97 Å². The van der Waals surface area contributed by atoms with E-state index < -0.39 is 17.4 Å². The van der Waals surface area contributed by atoms with E-state index in [0.717, 1.165) is 10.9 Å². The van der Waals surface area contributed by atoms with Crippen LogP contribution in [0.1, 0.15) is 29.0 Å². The Balaban J connectivity index is 1.44. The second kappa shape index (κ2) is 8.23. The number of nitrogens with zero attached hydrogens (tertiary/aromatic N) is 2. The lowest BCUT2D eigenvalue weighted by Gasteiger charge is -2.30. The first-order valence-electron chi connectivity index (χ1n) is 10.3. The first-order valence-corrected chi connectivity index (χ1v) is 11.1. The Labute approximate surface area is 192 Å². The number of aromatic amines is 1. The molecule has 162 valence electrons. The van der Waals surface area contributed by atoms with E-state index in [2.05, 4.69) is 48.7 Å². The summed E-state index contributed by atoms with van der Waals surface area (Å²) in [6, 6.07) is 15.2. The minimum Gasteiger partial charge on any atom is -0.338 e. The van der Waals surface area contributed by atoms with Gasteiger partial charge >= 0.3 is 0 Å². The SMILES string of the molecule is O=C1C[C@@H](C(=O)Nc2ccc(Br)cc2)c2c(nc(N3CCc4ccccc4C3)[nH]c2=O)N1. The number of hydrogen-bond acceptors (Lipinski definition) is 5. The summed E-state index contributed by atoms with van der Waals surface area (Å²) in [5.74, 6) is -1.15. The number of halogens is 1. The number of H-pyrrole nitrogens is 1. The van der Waals surface area contributed by atoms with Gasteiger partial charge in [-0.15, -0.1) is 0 Å². The van der Waals surface area contributed by atoms with Crippen molar-refractivity contribution in [3.8, 4) is 0 Å². The second-order valence-electron chi connectivity index (χ2n) is 7.89. The van der Waals surface area contributed by atoms with Crippen LogP contribution in [0.25, 0.3) is 0 Å². The van der Waals surface area contributed by atoms with Gasteiger partial charge in [-0.25, -0.2) is 0 Å². The number of hydrogen-bond donors (Lipinski definition) is 3. The normalized spacial score (nSPS) is 17.2. The predicted molar refractivity (Wildman–Crippen MR) is 125 cm³/mol. The van der Waals surface area contributed by atoms with Crippen LogP contribution >= 0.6 is 15.9 Å². The molecule has 8 nitrogen and oxygen atoms in total. The van der Waals surface area contributed by atoms with Crippen molar-refractivity contribution >= 4 is 45.2 Å². The Kier molecular flexibility index (Phi) is 5.26. The van der Waals surface area contributed by atoms with Crippen LogP contribution in [-0.4, -0.2) is 28.3 Å². The first-order chi connectivity index (χ1) is 15.5. The summed E-state index contributed by atoms with van der Waals surface area (Å²) in [4.78, 5) is 47.6. The highest BCUT2D eigenvalue weighted by atomic mass is 79.9. The smallest absolute Gasteiger partial charge is 0.258 e. The zero-order valence-corrected chi connectivity index (χ0v) is 18.6. The first kappa shape index (κ1) is 20.4. The summed E-state index contributed by atoms with van der Waals surface area (Å²) in [5, 5.41) is 5.46. The molecule has 0 bridgehead atoms. The highest BCUT2D eigenvalue weighted by molar-refractivity contribution is 9.10. The van der Waals surface area contributed by atoms with Gasteiger partial charge in [0.15, 0.2) is 0 Å². The molecule has 1 aromatic heterocycles. The van der Waals surface area contributed by atoms with Crippen LogP contribution < -0.4 is 21.1 Å². The van der Waals surface area contributed by atoms with Crippen LogP contribution in [0.3, 0.4) is 0 Å². The standard InChI is InChI=1S/C23H20BrN5O3/c24-15-5-7-16(8-6-15)25-21(31)17-11-18(30)26-20-19(17)22(32)28-23(27-20)29-10-9-13-3-1-2-4-14(13)12-29/h1-8,17H,9-12H2,(H,25,31)(H2,26,27,28,30,32)/t17-/m1/s1. The van der Waals surface area contributed by atoms with Crippen LogP contribution in [0.4, 0.5) is 17.5 Å². The van der Waals surface area contributed by atoms with Gasteiger partial charge in [-0.3, -0.25) is 19.4 Å². The summed E-state index contributed by atoms with van der Waals surface area (Å²) < 4.78 is 0.881. The lowest BCUT2D eigenvalue weighted by Crippen LogP contribution is -2.38. The summed E-state index contributed by atoms with van der Waals surface area (Å²) >= 11 is 3.35. The van der Waals surface area contributed by atoms with E-state index in [4.69, 9.17) is 0 Å². The van der Waals surface area contributed by atoms with Crippen molar-refractivity contribution in [3.63, 3.8) is 0 Å². The maximum absolute atomic E-state index is 13.0. The van der Waals surface area contributed by atoms with Gasteiger partial charge in [0.25, 0.3) is 5.56 Å². The van der Waals surface area contributed by atoms with Crippen LogP contribution in [0, 0.1) is 0 Å². The van der Waals surface area contributed by atoms with E-state index in [-0.39, 0.29) is 23.7 Å². The van der Waals surface area contributed by atoms with Crippen molar-refractivity contribution in [3.05, 3.63) is 80.0 Å². The zero-order chi connectivity index (χ0) is 22.2. The molecule has 2 aliphatic rings. The Hall–Kier alpha value is -3.46. The van der Waals surface area contributed by atoms with Crippen molar-refractivity contribution < 1.29 is 9.59 Å². The van der Waals surface area contributed by atoms with Gasteiger partial charge in [-0.1, -0.05) is 40.2 Å². The maximum atomic E-state index is 13.0. The van der Waals surface area contributed by atoms with Gasteiger partial charge in [-0.2, -0.15) is 4.98 Å². The molecule has 5 rings (SSSR count). The summed E-state index contributed by atoms with van der Waals surface area (Å²) in [7, 11) is 0. The molecule has 0 saturated carbocycles. The highest BCUT2D eigenvalue weighted by Gasteiger charge is 2.35. The molecule has 2 amide bonds. The zero-order valence-electron chi connectivity index (χ0n) is 17.0. The number of carbonyl (C=O) groups is 2. The van der Waals surface area contributed by atoms with Crippen molar-refractivity contribution in [2.24, 2.45) is 0 Å². The van der Waals surface area contributed by atoms with Crippen molar-refractivity contribution in [1.29, 1.82) is 0 Å². The van der Waals surface area contributed by atoms with Gasteiger partial charge in [0.05, 0.1) is 11.5 Å². The molecular formula is C23H20BrN5O3. The molecule has 0 unspecified atom stereocenters. The largest absolute Gasteiger partial charge is 0.338 e. The molecule has 1 atom stereocenters. The van der Waals surface area contributed by atoms with Crippen LogP contribution in [0.5, 0.6) is 0 Å². The number of rotatable bonds is 3. The monoisotopic (exact) mass is 493 g/mol. The Morgan fingerprint density at radius 1 is 1.09 bits per heavy atom. The van der Waals surface area contributed by atoms with Gasteiger partial charge in [0.2, 0.25) is 17.8 Å². The van der Waals surface area contributed by atoms with E-state index in [9.17, 15) is 14.4 Å². The molecule has 0 radical (unpaired) electrons. The molecule has 9 heteroatoms. The maximum Gasteiger partial charge on any atom is 0.258 e. The summed E-state index contributed by atoms with van der Waals surface area (Å²) in [6.45, 7) is 1.31. The van der Waals surface area contributed by atoms with Gasteiger partial charge < -0.3 is 15.5 Å². The molecule has 0 aliphatic carbocycles. The molecule has 0 fully saturated rings. The molecule has 3 N–H and O–H groups in total. The topological polar surface area (TPSA) is 107 Å². The third kappa shape index (κ3) is 3.91. The van der Waals surface area contributed by atoms with E-state index in [1.165, 1.54) is 11.1 Å². The molecule has 32 heavy (non-hydrogen) atoms.